The lowest BCUT2D eigenvalue weighted by Gasteiger charge is -2.23. The highest BCUT2D eigenvalue weighted by Crippen LogP contribution is 2.34. The molecule has 1 unspecified atom stereocenters. The van der Waals surface area contributed by atoms with Crippen LogP contribution in [0.1, 0.15) is 17.2 Å². The van der Waals surface area contributed by atoms with Gasteiger partial charge in [0.25, 0.3) is 0 Å². The zero-order valence-corrected chi connectivity index (χ0v) is 12.3. The van der Waals surface area contributed by atoms with Gasteiger partial charge in [-0.15, -0.1) is 0 Å². The van der Waals surface area contributed by atoms with Crippen LogP contribution in [0.3, 0.4) is 0 Å². The first-order valence-electron chi connectivity index (χ1n) is 6.85. The Morgan fingerprint density at radius 2 is 2.00 bits per heavy atom. The average Bonchev–Trinajstić information content (AvgIpc) is 2.52. The molecule has 0 aromatic heterocycles. The maximum atomic E-state index is 10.3. The minimum atomic E-state index is -0.714. The lowest BCUT2D eigenvalue weighted by atomic mass is 9.98. The Labute approximate surface area is 124 Å². The third-order valence-electron chi connectivity index (χ3n) is 3.58. The second-order valence-electron chi connectivity index (χ2n) is 4.83. The smallest absolute Gasteiger partial charge is 0.179 e. The fraction of sp³-hybridized carbons (Fsp3) is 0.533. The van der Waals surface area contributed by atoms with E-state index >= 15 is 0 Å². The first kappa shape index (κ1) is 15.4. The third kappa shape index (κ3) is 3.57. The number of aliphatic hydroxyl groups excluding tert-OH is 1. The van der Waals surface area contributed by atoms with E-state index in [1.54, 1.807) is 25.2 Å². The Kier molecular flexibility index (Phi) is 5.26. The number of ether oxygens (including phenoxy) is 3. The first-order chi connectivity index (χ1) is 10.2. The molecule has 0 radical (unpaired) electrons. The third-order valence-corrected chi connectivity index (χ3v) is 3.58. The normalized spacial score (nSPS) is 19.3. The second kappa shape index (κ2) is 7.16. The van der Waals surface area contributed by atoms with Crippen molar-refractivity contribution in [2.24, 2.45) is 0 Å². The summed E-state index contributed by atoms with van der Waals surface area (Å²) in [5.74, 6) is 1.19. The number of fused-ring (bicyclic) bond motifs is 1. The zero-order valence-electron chi connectivity index (χ0n) is 12.3. The van der Waals surface area contributed by atoms with E-state index in [1.165, 1.54) is 0 Å². The molecule has 0 bridgehead atoms. The first-order valence-corrected chi connectivity index (χ1v) is 6.85. The number of hydrogen-bond donors (Lipinski definition) is 1. The van der Waals surface area contributed by atoms with Crippen molar-refractivity contribution in [3.63, 3.8) is 0 Å². The predicted molar refractivity (Wildman–Crippen MR) is 76.2 cm³/mol. The molecule has 1 aromatic rings. The zero-order chi connectivity index (χ0) is 15.2. The molecule has 1 heterocycles. The van der Waals surface area contributed by atoms with Crippen molar-refractivity contribution in [3.05, 3.63) is 23.3 Å². The lowest BCUT2D eigenvalue weighted by Crippen LogP contribution is -2.27. The number of methoxy groups -OCH3 is 2. The minimum Gasteiger partial charge on any atom is -0.493 e. The van der Waals surface area contributed by atoms with Crippen LogP contribution in [0.15, 0.2) is 12.1 Å². The summed E-state index contributed by atoms with van der Waals surface area (Å²) < 4.78 is 16.0. The monoisotopic (exact) mass is 292 g/mol. The number of rotatable bonds is 2. The minimum absolute atomic E-state index is 0.196. The molecule has 21 heavy (non-hydrogen) atoms. The molecule has 0 spiro atoms. The van der Waals surface area contributed by atoms with Gasteiger partial charge in [0.2, 0.25) is 0 Å². The summed E-state index contributed by atoms with van der Waals surface area (Å²) in [5.41, 5.74) is 1.69. The van der Waals surface area contributed by atoms with Crippen molar-refractivity contribution < 1.29 is 19.3 Å². The number of hydrogen-bond acceptors (Lipinski definition) is 6. The summed E-state index contributed by atoms with van der Waals surface area (Å²) in [6, 6.07) is 3.63. The fourth-order valence-electron chi connectivity index (χ4n) is 2.39. The SMILES string of the molecule is COc1cc2c(cc1OC)C(O)COCCN(C#N)CC2. The van der Waals surface area contributed by atoms with E-state index in [-0.39, 0.29) is 6.61 Å². The Morgan fingerprint density at radius 3 is 2.67 bits per heavy atom. The Bertz CT molecular complexity index is 527. The molecular formula is C15H20N2O4. The van der Waals surface area contributed by atoms with Crippen LogP contribution in [-0.2, 0) is 11.2 Å². The van der Waals surface area contributed by atoms with Crippen LogP contribution >= 0.6 is 0 Å². The summed E-state index contributed by atoms with van der Waals surface area (Å²) in [6.07, 6.45) is 2.09. The Morgan fingerprint density at radius 1 is 1.29 bits per heavy atom. The standard InChI is InChI=1S/C15H20N2O4/c1-19-14-7-11-3-4-17(10-16)5-6-21-9-13(18)12(11)8-15(14)20-2/h7-8,13,18H,3-6,9H2,1-2H3. The van der Waals surface area contributed by atoms with Gasteiger partial charge in [-0.25, -0.2) is 0 Å². The number of aliphatic hydroxyl groups is 1. The van der Waals surface area contributed by atoms with Crippen molar-refractivity contribution in [2.45, 2.75) is 12.5 Å². The van der Waals surface area contributed by atoms with Gasteiger partial charge in [0, 0.05) is 6.54 Å². The van der Waals surface area contributed by atoms with Gasteiger partial charge in [0.15, 0.2) is 17.7 Å². The molecule has 0 saturated carbocycles. The molecule has 1 N–H and O–H groups in total. The average molecular weight is 292 g/mol. The molecule has 1 aromatic carbocycles. The maximum Gasteiger partial charge on any atom is 0.179 e. The van der Waals surface area contributed by atoms with Gasteiger partial charge in [0.1, 0.15) is 6.10 Å². The van der Waals surface area contributed by atoms with Crippen molar-refractivity contribution >= 4 is 0 Å². The largest absolute Gasteiger partial charge is 0.493 e. The lowest BCUT2D eigenvalue weighted by molar-refractivity contribution is 0.0287. The molecule has 0 amide bonds. The molecule has 0 fully saturated rings. The van der Waals surface area contributed by atoms with Gasteiger partial charge in [-0.05, 0) is 29.7 Å². The van der Waals surface area contributed by atoms with E-state index < -0.39 is 6.10 Å². The van der Waals surface area contributed by atoms with Crippen molar-refractivity contribution in [1.29, 1.82) is 5.26 Å². The molecule has 2 rings (SSSR count). The molecule has 1 aliphatic heterocycles. The molecule has 1 atom stereocenters. The van der Waals surface area contributed by atoms with Crippen LogP contribution in [0.2, 0.25) is 0 Å². The van der Waals surface area contributed by atoms with Gasteiger partial charge in [-0.1, -0.05) is 0 Å². The number of benzene rings is 1. The van der Waals surface area contributed by atoms with Crippen LogP contribution in [-0.4, -0.2) is 50.5 Å². The molecule has 0 saturated heterocycles. The van der Waals surface area contributed by atoms with Crippen molar-refractivity contribution in [1.82, 2.24) is 4.90 Å². The Hall–Kier alpha value is -1.97. The molecule has 6 heteroatoms. The molecule has 1 aliphatic rings. The van der Waals surface area contributed by atoms with Gasteiger partial charge in [-0.2, -0.15) is 5.26 Å². The second-order valence-corrected chi connectivity index (χ2v) is 4.83. The number of nitriles is 1. The van der Waals surface area contributed by atoms with Crippen LogP contribution in [0.25, 0.3) is 0 Å². The highest BCUT2D eigenvalue weighted by atomic mass is 16.5. The van der Waals surface area contributed by atoms with E-state index in [0.717, 1.165) is 11.1 Å². The molecular weight excluding hydrogens is 272 g/mol. The van der Waals surface area contributed by atoms with E-state index in [9.17, 15) is 5.11 Å². The van der Waals surface area contributed by atoms with Gasteiger partial charge < -0.3 is 24.2 Å². The van der Waals surface area contributed by atoms with E-state index in [4.69, 9.17) is 19.5 Å². The van der Waals surface area contributed by atoms with Crippen LogP contribution in [0.5, 0.6) is 11.5 Å². The quantitative estimate of drug-likeness (QED) is 0.823. The van der Waals surface area contributed by atoms with Gasteiger partial charge in [-0.3, -0.25) is 0 Å². The maximum absolute atomic E-state index is 10.3. The van der Waals surface area contributed by atoms with E-state index in [2.05, 4.69) is 6.19 Å². The Balaban J connectivity index is 2.37. The summed E-state index contributed by atoms with van der Waals surface area (Å²) in [4.78, 5) is 1.65. The van der Waals surface area contributed by atoms with Crippen molar-refractivity contribution in [2.75, 3.05) is 40.5 Å². The topological polar surface area (TPSA) is 75.0 Å². The number of nitrogens with zero attached hydrogens (tertiary/aromatic N) is 2. The van der Waals surface area contributed by atoms with Gasteiger partial charge in [0.05, 0.1) is 34.0 Å². The summed E-state index contributed by atoms with van der Waals surface area (Å²) in [6.45, 7) is 1.73. The molecule has 114 valence electrons. The molecule has 0 aliphatic carbocycles. The van der Waals surface area contributed by atoms with Crippen LogP contribution in [0, 0.1) is 11.5 Å². The van der Waals surface area contributed by atoms with E-state index in [0.29, 0.717) is 37.6 Å². The highest BCUT2D eigenvalue weighted by molar-refractivity contribution is 5.48. The molecule has 6 nitrogen and oxygen atoms in total. The highest BCUT2D eigenvalue weighted by Gasteiger charge is 2.19. The van der Waals surface area contributed by atoms with Crippen LogP contribution in [0.4, 0.5) is 0 Å². The predicted octanol–water partition coefficient (Wildman–Crippen LogP) is 1.09. The fourth-order valence-corrected chi connectivity index (χ4v) is 2.39. The summed E-state index contributed by atoms with van der Waals surface area (Å²) >= 11 is 0. The summed E-state index contributed by atoms with van der Waals surface area (Å²) in [7, 11) is 3.14. The summed E-state index contributed by atoms with van der Waals surface area (Å²) in [5, 5.41) is 19.4. The van der Waals surface area contributed by atoms with Crippen LogP contribution < -0.4 is 9.47 Å². The van der Waals surface area contributed by atoms with E-state index in [1.807, 2.05) is 6.07 Å². The van der Waals surface area contributed by atoms with Crippen molar-refractivity contribution in [3.8, 4) is 17.7 Å². The van der Waals surface area contributed by atoms with Gasteiger partial charge >= 0.3 is 0 Å².